The first-order valence-corrected chi connectivity index (χ1v) is 4.21. The van der Waals surface area contributed by atoms with E-state index in [4.69, 9.17) is 4.74 Å². The summed E-state index contributed by atoms with van der Waals surface area (Å²) in [7, 11) is 0. The summed E-state index contributed by atoms with van der Waals surface area (Å²) in [5, 5.41) is 2.34. The smallest absolute Gasteiger partial charge is 0.419 e. The number of carbonyl (C=O) groups excluding carboxylic acids is 1. The first-order chi connectivity index (χ1) is 5.83. The fourth-order valence-corrected chi connectivity index (χ4v) is 1.30. The Morgan fingerprint density at radius 1 is 1.50 bits per heavy atom. The molecular formula is C9H13NO2. The van der Waals surface area contributed by atoms with Crippen LogP contribution >= 0.6 is 0 Å². The number of amides is 1. The van der Waals surface area contributed by atoms with Crippen LogP contribution in [-0.4, -0.2) is 12.2 Å². The lowest BCUT2D eigenvalue weighted by Crippen LogP contribution is -2.23. The van der Waals surface area contributed by atoms with E-state index in [0.29, 0.717) is 0 Å². The SMILES string of the molecule is CC#CNC(=O)OC1CCCC1. The summed E-state index contributed by atoms with van der Waals surface area (Å²) in [5.74, 6) is 2.56. The van der Waals surface area contributed by atoms with Gasteiger partial charge in [-0.25, -0.2) is 10.1 Å². The summed E-state index contributed by atoms with van der Waals surface area (Å²) in [6.07, 6.45) is 4.01. The predicted octanol–water partition coefficient (Wildman–Crippen LogP) is 1.64. The maximum Gasteiger partial charge on any atom is 0.419 e. The molecule has 1 saturated carbocycles. The van der Waals surface area contributed by atoms with Crippen LogP contribution in [0.3, 0.4) is 0 Å². The van der Waals surface area contributed by atoms with Crippen molar-refractivity contribution in [3.63, 3.8) is 0 Å². The van der Waals surface area contributed by atoms with Crippen molar-refractivity contribution in [2.24, 2.45) is 0 Å². The highest BCUT2D eigenvalue weighted by Crippen LogP contribution is 2.20. The summed E-state index contributed by atoms with van der Waals surface area (Å²) in [4.78, 5) is 10.9. The zero-order valence-corrected chi connectivity index (χ0v) is 7.22. The predicted molar refractivity (Wildman–Crippen MR) is 45.3 cm³/mol. The van der Waals surface area contributed by atoms with E-state index < -0.39 is 6.09 Å². The van der Waals surface area contributed by atoms with Crippen LogP contribution in [-0.2, 0) is 4.74 Å². The van der Waals surface area contributed by atoms with Gasteiger partial charge in [0.2, 0.25) is 0 Å². The minimum Gasteiger partial charge on any atom is -0.446 e. The number of carbonyl (C=O) groups is 1. The topological polar surface area (TPSA) is 38.3 Å². The average molecular weight is 167 g/mol. The molecule has 66 valence electrons. The minimum atomic E-state index is -0.420. The van der Waals surface area contributed by atoms with Crippen LogP contribution in [0.1, 0.15) is 32.6 Å². The highest BCUT2D eigenvalue weighted by atomic mass is 16.6. The molecule has 0 aromatic rings. The number of alkyl carbamates (subject to hydrolysis) is 1. The van der Waals surface area contributed by atoms with Crippen molar-refractivity contribution >= 4 is 6.09 Å². The van der Waals surface area contributed by atoms with Crippen molar-refractivity contribution in [1.29, 1.82) is 0 Å². The normalized spacial score (nSPS) is 16.4. The van der Waals surface area contributed by atoms with Crippen LogP contribution in [0.15, 0.2) is 0 Å². The molecule has 0 atom stereocenters. The van der Waals surface area contributed by atoms with Crippen molar-refractivity contribution in [3.8, 4) is 12.0 Å². The molecule has 12 heavy (non-hydrogen) atoms. The van der Waals surface area contributed by atoms with E-state index in [2.05, 4.69) is 17.3 Å². The first-order valence-electron chi connectivity index (χ1n) is 4.21. The monoisotopic (exact) mass is 167 g/mol. The molecule has 0 spiro atoms. The molecule has 0 bridgehead atoms. The summed E-state index contributed by atoms with van der Waals surface area (Å²) >= 11 is 0. The lowest BCUT2D eigenvalue weighted by molar-refractivity contribution is 0.105. The van der Waals surface area contributed by atoms with E-state index >= 15 is 0 Å². The Labute approximate surface area is 72.5 Å². The number of nitrogens with one attached hydrogen (secondary N) is 1. The molecular weight excluding hydrogens is 154 g/mol. The zero-order chi connectivity index (χ0) is 8.81. The molecule has 0 radical (unpaired) electrons. The molecule has 0 unspecified atom stereocenters. The summed E-state index contributed by atoms with van der Waals surface area (Å²) < 4.78 is 5.06. The molecule has 1 rings (SSSR count). The van der Waals surface area contributed by atoms with Crippen LogP contribution in [0.5, 0.6) is 0 Å². The van der Waals surface area contributed by atoms with E-state index in [1.165, 1.54) is 0 Å². The van der Waals surface area contributed by atoms with Gasteiger partial charge in [0.25, 0.3) is 0 Å². The molecule has 1 N–H and O–H groups in total. The number of ether oxygens (including phenoxy) is 1. The number of hydrogen-bond donors (Lipinski definition) is 1. The third-order valence-corrected chi connectivity index (χ3v) is 1.87. The third-order valence-electron chi connectivity index (χ3n) is 1.87. The van der Waals surface area contributed by atoms with Crippen LogP contribution < -0.4 is 5.32 Å². The Kier molecular flexibility index (Phi) is 3.46. The molecule has 3 heteroatoms. The fourth-order valence-electron chi connectivity index (χ4n) is 1.30. The molecule has 0 heterocycles. The van der Waals surface area contributed by atoms with Crippen LogP contribution in [0.2, 0.25) is 0 Å². The van der Waals surface area contributed by atoms with Gasteiger partial charge in [0, 0.05) is 6.04 Å². The van der Waals surface area contributed by atoms with Gasteiger partial charge in [-0.05, 0) is 32.6 Å². The van der Waals surface area contributed by atoms with E-state index in [1.807, 2.05) is 0 Å². The van der Waals surface area contributed by atoms with Gasteiger partial charge in [-0.15, -0.1) is 0 Å². The molecule has 3 nitrogen and oxygen atoms in total. The van der Waals surface area contributed by atoms with E-state index in [9.17, 15) is 4.79 Å². The van der Waals surface area contributed by atoms with Crippen LogP contribution in [0.25, 0.3) is 0 Å². The summed E-state index contributed by atoms with van der Waals surface area (Å²) in [5.41, 5.74) is 0. The van der Waals surface area contributed by atoms with E-state index in [-0.39, 0.29) is 6.10 Å². The Bertz CT molecular complexity index is 208. The van der Waals surface area contributed by atoms with E-state index in [1.54, 1.807) is 6.92 Å². The van der Waals surface area contributed by atoms with Gasteiger partial charge in [-0.1, -0.05) is 5.92 Å². The van der Waals surface area contributed by atoms with Gasteiger partial charge in [0.05, 0.1) is 0 Å². The van der Waals surface area contributed by atoms with Gasteiger partial charge in [0.15, 0.2) is 0 Å². The Morgan fingerprint density at radius 3 is 2.75 bits per heavy atom. The van der Waals surface area contributed by atoms with Gasteiger partial charge < -0.3 is 4.74 Å². The Hall–Kier alpha value is -1.17. The first kappa shape index (κ1) is 8.92. The summed E-state index contributed by atoms with van der Waals surface area (Å²) in [6.45, 7) is 1.66. The molecule has 1 amide bonds. The van der Waals surface area contributed by atoms with Gasteiger partial charge in [-0.3, -0.25) is 0 Å². The molecule has 1 fully saturated rings. The maximum atomic E-state index is 10.9. The van der Waals surface area contributed by atoms with Crippen molar-refractivity contribution in [3.05, 3.63) is 0 Å². The van der Waals surface area contributed by atoms with Crippen LogP contribution in [0, 0.1) is 12.0 Å². The molecule has 0 aromatic heterocycles. The van der Waals surface area contributed by atoms with Crippen molar-refractivity contribution in [2.75, 3.05) is 0 Å². The Balaban J connectivity index is 2.19. The lowest BCUT2D eigenvalue weighted by atomic mass is 10.3. The van der Waals surface area contributed by atoms with E-state index in [0.717, 1.165) is 25.7 Å². The minimum absolute atomic E-state index is 0.114. The zero-order valence-electron chi connectivity index (χ0n) is 7.22. The van der Waals surface area contributed by atoms with Crippen molar-refractivity contribution in [2.45, 2.75) is 38.7 Å². The lowest BCUT2D eigenvalue weighted by Gasteiger charge is -2.09. The van der Waals surface area contributed by atoms with Gasteiger partial charge >= 0.3 is 6.09 Å². The van der Waals surface area contributed by atoms with Crippen molar-refractivity contribution < 1.29 is 9.53 Å². The van der Waals surface area contributed by atoms with Gasteiger partial charge in [-0.2, -0.15) is 0 Å². The number of hydrogen-bond acceptors (Lipinski definition) is 2. The molecule has 0 aliphatic heterocycles. The third kappa shape index (κ3) is 2.83. The standard InChI is InChI=1S/C9H13NO2/c1-2-7-10-9(11)12-8-5-3-4-6-8/h8H,3-6H2,1H3,(H,10,11). The maximum absolute atomic E-state index is 10.9. The quantitative estimate of drug-likeness (QED) is 0.476. The van der Waals surface area contributed by atoms with Gasteiger partial charge in [0.1, 0.15) is 6.10 Å². The highest BCUT2D eigenvalue weighted by molar-refractivity contribution is 5.69. The Morgan fingerprint density at radius 2 is 2.17 bits per heavy atom. The largest absolute Gasteiger partial charge is 0.446 e. The molecule has 0 aromatic carbocycles. The summed E-state index contributed by atoms with van der Waals surface area (Å²) in [6, 6.07) is 2.45. The second-order valence-corrected chi connectivity index (χ2v) is 2.81. The highest BCUT2D eigenvalue weighted by Gasteiger charge is 2.18. The second-order valence-electron chi connectivity index (χ2n) is 2.81. The second kappa shape index (κ2) is 4.66. The van der Waals surface area contributed by atoms with Crippen molar-refractivity contribution in [1.82, 2.24) is 5.32 Å². The molecule has 1 aliphatic rings. The molecule has 0 saturated heterocycles. The average Bonchev–Trinajstić information content (AvgIpc) is 2.53. The number of rotatable bonds is 1. The fraction of sp³-hybridized carbons (Fsp3) is 0.667. The van der Waals surface area contributed by atoms with Crippen LogP contribution in [0.4, 0.5) is 4.79 Å². The molecule has 1 aliphatic carbocycles.